The average molecular weight is 246 g/mol. The van der Waals surface area contributed by atoms with E-state index < -0.39 is 0 Å². The third kappa shape index (κ3) is 2.56. The zero-order chi connectivity index (χ0) is 12.4. The lowest BCUT2D eigenvalue weighted by Gasteiger charge is -2.18. The summed E-state index contributed by atoms with van der Waals surface area (Å²) in [4.78, 5) is 5.88. The lowest BCUT2D eigenvalue weighted by molar-refractivity contribution is 0.274. The predicted octanol–water partition coefficient (Wildman–Crippen LogP) is 3.68. The molecule has 1 aliphatic rings. The van der Waals surface area contributed by atoms with Gasteiger partial charge in [0.2, 0.25) is 0 Å². The van der Waals surface area contributed by atoms with Gasteiger partial charge in [-0.3, -0.25) is 4.90 Å². The number of aromatic amines is 1. The molecule has 18 heavy (non-hydrogen) atoms. The standard InChI is InChI=1S/C15H19FN2/c16-13-5-6-15-12(9-13)10-14(17-15)11-18-7-3-1-2-4-8-18/h5-6,9-10,17H,1-4,7-8,11H2. The Morgan fingerprint density at radius 3 is 2.61 bits per heavy atom. The molecule has 1 N–H and O–H groups in total. The first-order valence-corrected chi connectivity index (χ1v) is 6.81. The molecule has 0 bridgehead atoms. The summed E-state index contributed by atoms with van der Waals surface area (Å²) in [6.07, 6.45) is 5.31. The molecule has 2 aromatic rings. The number of benzene rings is 1. The Kier molecular flexibility index (Phi) is 3.33. The highest BCUT2D eigenvalue weighted by Crippen LogP contribution is 2.19. The molecule has 0 amide bonds. The fraction of sp³-hybridized carbons (Fsp3) is 0.467. The molecule has 3 rings (SSSR count). The van der Waals surface area contributed by atoms with E-state index in [0.717, 1.165) is 17.4 Å². The van der Waals surface area contributed by atoms with Crippen molar-refractivity contribution < 1.29 is 4.39 Å². The monoisotopic (exact) mass is 246 g/mol. The van der Waals surface area contributed by atoms with Gasteiger partial charge in [-0.05, 0) is 50.2 Å². The van der Waals surface area contributed by atoms with Crippen LogP contribution in [-0.2, 0) is 6.54 Å². The third-order valence-corrected chi connectivity index (χ3v) is 3.73. The van der Waals surface area contributed by atoms with E-state index >= 15 is 0 Å². The Hall–Kier alpha value is -1.35. The van der Waals surface area contributed by atoms with Crippen LogP contribution in [0.25, 0.3) is 10.9 Å². The second-order valence-electron chi connectivity index (χ2n) is 5.22. The fourth-order valence-electron chi connectivity index (χ4n) is 2.78. The van der Waals surface area contributed by atoms with Gasteiger partial charge in [0.25, 0.3) is 0 Å². The van der Waals surface area contributed by atoms with Gasteiger partial charge in [0, 0.05) is 23.1 Å². The first kappa shape index (κ1) is 11.7. The molecular formula is C15H19FN2. The van der Waals surface area contributed by atoms with Crippen molar-refractivity contribution in [1.29, 1.82) is 0 Å². The van der Waals surface area contributed by atoms with Crippen LogP contribution >= 0.6 is 0 Å². The Labute approximate surface area is 107 Å². The van der Waals surface area contributed by atoms with E-state index in [4.69, 9.17) is 0 Å². The summed E-state index contributed by atoms with van der Waals surface area (Å²) in [5.74, 6) is -0.164. The maximum Gasteiger partial charge on any atom is 0.123 e. The van der Waals surface area contributed by atoms with Crippen molar-refractivity contribution in [3.8, 4) is 0 Å². The normalized spacial score (nSPS) is 18.1. The number of aromatic nitrogens is 1. The quantitative estimate of drug-likeness (QED) is 0.856. The van der Waals surface area contributed by atoms with Crippen molar-refractivity contribution in [3.05, 3.63) is 35.8 Å². The Bertz CT molecular complexity index is 524. The fourth-order valence-corrected chi connectivity index (χ4v) is 2.78. The van der Waals surface area contributed by atoms with E-state index in [2.05, 4.69) is 16.0 Å². The van der Waals surface area contributed by atoms with E-state index in [1.165, 1.54) is 50.5 Å². The van der Waals surface area contributed by atoms with Crippen LogP contribution < -0.4 is 0 Å². The SMILES string of the molecule is Fc1ccc2[nH]c(CN3CCCCCC3)cc2c1. The molecule has 0 aliphatic carbocycles. The smallest absolute Gasteiger partial charge is 0.123 e. The van der Waals surface area contributed by atoms with E-state index in [-0.39, 0.29) is 5.82 Å². The molecule has 0 unspecified atom stereocenters. The molecule has 1 aromatic heterocycles. The second kappa shape index (κ2) is 5.11. The van der Waals surface area contributed by atoms with Crippen molar-refractivity contribution >= 4 is 10.9 Å². The van der Waals surface area contributed by atoms with Crippen LogP contribution in [0.2, 0.25) is 0 Å². The van der Waals surface area contributed by atoms with Crippen molar-refractivity contribution in [2.75, 3.05) is 13.1 Å². The highest BCUT2D eigenvalue weighted by atomic mass is 19.1. The molecule has 0 radical (unpaired) electrons. The summed E-state index contributed by atoms with van der Waals surface area (Å²) in [5.41, 5.74) is 2.22. The van der Waals surface area contributed by atoms with Gasteiger partial charge in [-0.15, -0.1) is 0 Å². The molecule has 1 aromatic carbocycles. The van der Waals surface area contributed by atoms with Crippen LogP contribution in [0, 0.1) is 5.82 Å². The van der Waals surface area contributed by atoms with Gasteiger partial charge in [0.05, 0.1) is 0 Å². The first-order chi connectivity index (χ1) is 8.81. The summed E-state index contributed by atoms with van der Waals surface area (Å²) < 4.78 is 13.1. The van der Waals surface area contributed by atoms with Gasteiger partial charge in [-0.2, -0.15) is 0 Å². The van der Waals surface area contributed by atoms with E-state index in [1.54, 1.807) is 6.07 Å². The Morgan fingerprint density at radius 2 is 1.83 bits per heavy atom. The van der Waals surface area contributed by atoms with Gasteiger partial charge in [-0.1, -0.05) is 12.8 Å². The van der Waals surface area contributed by atoms with Crippen LogP contribution in [0.15, 0.2) is 24.3 Å². The second-order valence-corrected chi connectivity index (χ2v) is 5.22. The minimum Gasteiger partial charge on any atom is -0.357 e. The van der Waals surface area contributed by atoms with Crippen LogP contribution in [0.3, 0.4) is 0 Å². The minimum absolute atomic E-state index is 0.164. The minimum atomic E-state index is -0.164. The highest BCUT2D eigenvalue weighted by molar-refractivity contribution is 5.80. The van der Waals surface area contributed by atoms with Gasteiger partial charge < -0.3 is 4.98 Å². The van der Waals surface area contributed by atoms with Gasteiger partial charge in [0.15, 0.2) is 0 Å². The molecule has 1 saturated heterocycles. The Balaban J connectivity index is 1.77. The number of nitrogens with zero attached hydrogens (tertiary/aromatic N) is 1. The zero-order valence-electron chi connectivity index (χ0n) is 10.6. The first-order valence-electron chi connectivity index (χ1n) is 6.81. The van der Waals surface area contributed by atoms with Crippen molar-refractivity contribution in [2.45, 2.75) is 32.2 Å². The van der Waals surface area contributed by atoms with Crippen LogP contribution in [0.4, 0.5) is 4.39 Å². The van der Waals surface area contributed by atoms with Crippen molar-refractivity contribution in [2.24, 2.45) is 0 Å². The molecule has 1 fully saturated rings. The molecule has 2 nitrogen and oxygen atoms in total. The van der Waals surface area contributed by atoms with E-state index in [0.29, 0.717) is 0 Å². The van der Waals surface area contributed by atoms with E-state index in [9.17, 15) is 4.39 Å². The number of hydrogen-bond acceptors (Lipinski definition) is 1. The summed E-state index contributed by atoms with van der Waals surface area (Å²) in [6, 6.07) is 6.99. The number of halogens is 1. The summed E-state index contributed by atoms with van der Waals surface area (Å²) >= 11 is 0. The lowest BCUT2D eigenvalue weighted by Crippen LogP contribution is -2.24. The number of rotatable bonds is 2. The van der Waals surface area contributed by atoms with Crippen LogP contribution in [-0.4, -0.2) is 23.0 Å². The molecule has 0 spiro atoms. The van der Waals surface area contributed by atoms with Crippen molar-refractivity contribution in [3.63, 3.8) is 0 Å². The molecule has 0 atom stereocenters. The summed E-state index contributed by atoms with van der Waals surface area (Å²) in [5, 5.41) is 0.972. The number of fused-ring (bicyclic) bond motifs is 1. The molecule has 1 aliphatic heterocycles. The maximum absolute atomic E-state index is 13.1. The molecule has 96 valence electrons. The lowest BCUT2D eigenvalue weighted by atomic mass is 10.2. The number of likely N-dealkylation sites (tertiary alicyclic amines) is 1. The van der Waals surface area contributed by atoms with E-state index in [1.807, 2.05) is 6.07 Å². The molecule has 0 saturated carbocycles. The highest BCUT2D eigenvalue weighted by Gasteiger charge is 2.11. The van der Waals surface area contributed by atoms with Crippen LogP contribution in [0.1, 0.15) is 31.4 Å². The van der Waals surface area contributed by atoms with Gasteiger partial charge >= 0.3 is 0 Å². The topological polar surface area (TPSA) is 19.0 Å². The number of nitrogens with one attached hydrogen (secondary N) is 1. The van der Waals surface area contributed by atoms with Crippen LogP contribution in [0.5, 0.6) is 0 Å². The summed E-state index contributed by atoms with van der Waals surface area (Å²) in [6.45, 7) is 3.32. The third-order valence-electron chi connectivity index (χ3n) is 3.73. The molecule has 2 heterocycles. The summed E-state index contributed by atoms with van der Waals surface area (Å²) in [7, 11) is 0. The van der Waals surface area contributed by atoms with Crippen molar-refractivity contribution in [1.82, 2.24) is 9.88 Å². The number of hydrogen-bond donors (Lipinski definition) is 1. The largest absolute Gasteiger partial charge is 0.357 e. The van der Waals surface area contributed by atoms with Gasteiger partial charge in [-0.25, -0.2) is 4.39 Å². The number of H-pyrrole nitrogens is 1. The zero-order valence-corrected chi connectivity index (χ0v) is 10.6. The molecule has 3 heteroatoms. The predicted molar refractivity (Wildman–Crippen MR) is 72.0 cm³/mol. The average Bonchev–Trinajstić information content (AvgIpc) is 2.57. The molecular weight excluding hydrogens is 227 g/mol. The van der Waals surface area contributed by atoms with Gasteiger partial charge in [0.1, 0.15) is 5.82 Å². The maximum atomic E-state index is 13.1. The Morgan fingerprint density at radius 1 is 1.06 bits per heavy atom.